The molecular formula is C6H7BF3KN2. The van der Waals surface area contributed by atoms with Gasteiger partial charge in [0.25, 0.3) is 0 Å². The number of nitrogens with zero attached hydrogens (tertiary/aromatic N) is 1. The number of hydrogen-bond donors (Lipinski definition) is 1. The van der Waals surface area contributed by atoms with E-state index in [4.69, 9.17) is 0 Å². The predicted molar refractivity (Wildman–Crippen MR) is 39.3 cm³/mol. The minimum Gasteiger partial charge on any atom is -0.444 e. The van der Waals surface area contributed by atoms with Gasteiger partial charge in [0.05, 0.1) is 0 Å². The number of H-pyrrole nitrogens is 1. The van der Waals surface area contributed by atoms with E-state index in [1.807, 2.05) is 5.10 Å². The number of halogens is 3. The second-order valence-electron chi connectivity index (χ2n) is 3.09. The molecule has 0 radical (unpaired) electrons. The van der Waals surface area contributed by atoms with E-state index in [-0.39, 0.29) is 57.3 Å². The molecule has 0 spiro atoms. The summed E-state index contributed by atoms with van der Waals surface area (Å²) < 4.78 is 36.8. The van der Waals surface area contributed by atoms with Crippen molar-refractivity contribution in [1.29, 1.82) is 0 Å². The summed E-state index contributed by atoms with van der Waals surface area (Å²) in [6.45, 7) is -4.91. The molecule has 1 aliphatic carbocycles. The zero-order valence-corrected chi connectivity index (χ0v) is 10.4. The molecule has 1 aromatic heterocycles. The van der Waals surface area contributed by atoms with Crippen molar-refractivity contribution in [1.82, 2.24) is 10.2 Å². The zero-order valence-electron chi connectivity index (χ0n) is 7.23. The van der Waals surface area contributed by atoms with Gasteiger partial charge in [0.1, 0.15) is 0 Å². The van der Waals surface area contributed by atoms with Gasteiger partial charge in [0.2, 0.25) is 0 Å². The third-order valence-electron chi connectivity index (χ3n) is 2.04. The van der Waals surface area contributed by atoms with Gasteiger partial charge in [-0.15, -0.1) is 0 Å². The van der Waals surface area contributed by atoms with Crippen LogP contribution >= 0.6 is 0 Å². The first-order chi connectivity index (χ1) is 5.59. The summed E-state index contributed by atoms with van der Waals surface area (Å²) in [5.41, 5.74) is -0.264. The molecule has 1 N–H and O–H groups in total. The summed E-state index contributed by atoms with van der Waals surface area (Å²) in [6.07, 6.45) is 3.01. The van der Waals surface area contributed by atoms with Crippen LogP contribution in [0.15, 0.2) is 6.20 Å². The van der Waals surface area contributed by atoms with Gasteiger partial charge in [-0.25, -0.2) is 0 Å². The first-order valence-corrected chi connectivity index (χ1v) is 3.82. The van der Waals surface area contributed by atoms with E-state index >= 15 is 0 Å². The molecule has 0 bridgehead atoms. The molecular weight excluding hydrogens is 207 g/mol. The summed E-state index contributed by atoms with van der Waals surface area (Å²) >= 11 is 0. The molecule has 1 heterocycles. The van der Waals surface area contributed by atoms with Crippen LogP contribution in [-0.4, -0.2) is 17.2 Å². The topological polar surface area (TPSA) is 28.7 Å². The standard InChI is InChI=1S/C6H7BF3N2.K/c8-7(9,10)6-5(3-11-12-6)4-1-2-4;/h3-4H,1-2H2,(H,11,12);/q-1;+1. The Hall–Kier alpha value is 0.701. The van der Waals surface area contributed by atoms with Gasteiger partial charge in [0.15, 0.2) is 0 Å². The Morgan fingerprint density at radius 1 is 1.38 bits per heavy atom. The van der Waals surface area contributed by atoms with E-state index in [9.17, 15) is 12.9 Å². The summed E-state index contributed by atoms with van der Waals surface area (Å²) in [5, 5.41) is 5.44. The average molecular weight is 214 g/mol. The molecule has 2 nitrogen and oxygen atoms in total. The van der Waals surface area contributed by atoms with Gasteiger partial charge >= 0.3 is 58.4 Å². The number of hydrogen-bond acceptors (Lipinski definition) is 1. The van der Waals surface area contributed by atoms with Crippen molar-refractivity contribution < 1.29 is 64.3 Å². The maximum Gasteiger partial charge on any atom is 1.00 e. The Morgan fingerprint density at radius 2 is 2.00 bits per heavy atom. The molecule has 0 atom stereocenters. The van der Waals surface area contributed by atoms with Crippen LogP contribution in [0.4, 0.5) is 12.9 Å². The van der Waals surface area contributed by atoms with Gasteiger partial charge < -0.3 is 18.0 Å². The predicted octanol–water partition coefficient (Wildman–Crippen LogP) is -1.65. The van der Waals surface area contributed by atoms with Gasteiger partial charge in [-0.05, 0) is 29.9 Å². The first kappa shape index (κ1) is 11.8. The molecule has 7 heteroatoms. The van der Waals surface area contributed by atoms with E-state index in [0.717, 1.165) is 12.8 Å². The third-order valence-corrected chi connectivity index (χ3v) is 2.04. The van der Waals surface area contributed by atoms with E-state index in [0.29, 0.717) is 5.56 Å². The van der Waals surface area contributed by atoms with Gasteiger partial charge in [-0.3, -0.25) is 0 Å². The molecule has 1 saturated carbocycles. The fourth-order valence-corrected chi connectivity index (χ4v) is 1.29. The molecule has 1 aromatic rings. The largest absolute Gasteiger partial charge is 1.00 e. The minimum atomic E-state index is -4.91. The number of rotatable bonds is 2. The van der Waals surface area contributed by atoms with Crippen molar-refractivity contribution in [3.63, 3.8) is 0 Å². The first-order valence-electron chi connectivity index (χ1n) is 3.82. The molecule has 1 fully saturated rings. The Balaban J connectivity index is 0.000000845. The average Bonchev–Trinajstić information content (AvgIpc) is 2.65. The van der Waals surface area contributed by atoms with Gasteiger partial charge in [-0.1, -0.05) is 0 Å². The second-order valence-corrected chi connectivity index (χ2v) is 3.09. The maximum atomic E-state index is 12.3. The maximum absolute atomic E-state index is 12.3. The fraction of sp³-hybridized carbons (Fsp3) is 0.500. The quantitative estimate of drug-likeness (QED) is 0.587. The van der Waals surface area contributed by atoms with Crippen molar-refractivity contribution in [2.75, 3.05) is 0 Å². The Labute approximate surface area is 116 Å². The fourth-order valence-electron chi connectivity index (χ4n) is 1.29. The molecule has 1 aliphatic rings. The van der Waals surface area contributed by atoms with Crippen LogP contribution in [0.25, 0.3) is 0 Å². The van der Waals surface area contributed by atoms with Crippen LogP contribution in [-0.2, 0) is 0 Å². The van der Waals surface area contributed by atoms with E-state index < -0.39 is 12.6 Å². The Bertz CT molecular complexity index is 294. The minimum absolute atomic E-state index is 0. The van der Waals surface area contributed by atoms with Crippen molar-refractivity contribution in [3.05, 3.63) is 11.8 Å². The van der Waals surface area contributed by atoms with Gasteiger partial charge in [0, 0.05) is 6.20 Å². The van der Waals surface area contributed by atoms with Crippen molar-refractivity contribution in [2.24, 2.45) is 0 Å². The molecule has 0 aliphatic heterocycles. The third kappa shape index (κ3) is 2.59. The summed E-state index contributed by atoms with van der Waals surface area (Å²) in [7, 11) is 0. The van der Waals surface area contributed by atoms with E-state index in [1.54, 1.807) is 0 Å². The van der Waals surface area contributed by atoms with Crippen molar-refractivity contribution >= 4 is 12.6 Å². The van der Waals surface area contributed by atoms with Crippen LogP contribution in [0.3, 0.4) is 0 Å². The SMILES string of the molecule is F[B-](F)(F)c1[nH]ncc1C1CC1.[K+]. The number of nitrogens with one attached hydrogen (secondary N) is 1. The summed E-state index contributed by atoms with van der Waals surface area (Å²) in [6, 6.07) is 0. The van der Waals surface area contributed by atoms with Crippen LogP contribution in [0.1, 0.15) is 24.3 Å². The Kier molecular flexibility index (Phi) is 3.68. The molecule has 2 rings (SSSR count). The summed E-state index contributed by atoms with van der Waals surface area (Å²) in [5.74, 6) is 0.0993. The van der Waals surface area contributed by atoms with Gasteiger partial charge in [-0.2, -0.15) is 5.10 Å². The Morgan fingerprint density at radius 3 is 2.46 bits per heavy atom. The molecule has 66 valence electrons. The number of aromatic amines is 1. The van der Waals surface area contributed by atoms with Crippen molar-refractivity contribution in [3.8, 4) is 0 Å². The normalized spacial score (nSPS) is 16.8. The van der Waals surface area contributed by atoms with Crippen LogP contribution in [0.5, 0.6) is 0 Å². The smallest absolute Gasteiger partial charge is 0.444 e. The molecule has 0 amide bonds. The monoisotopic (exact) mass is 214 g/mol. The second kappa shape index (κ2) is 4.06. The van der Waals surface area contributed by atoms with E-state index in [2.05, 4.69) is 5.10 Å². The molecule has 0 unspecified atom stereocenters. The molecule has 0 saturated heterocycles. The molecule has 13 heavy (non-hydrogen) atoms. The van der Waals surface area contributed by atoms with Crippen LogP contribution in [0.2, 0.25) is 0 Å². The molecule has 0 aromatic carbocycles. The van der Waals surface area contributed by atoms with Crippen LogP contribution in [0, 0.1) is 0 Å². The number of aromatic nitrogens is 2. The van der Waals surface area contributed by atoms with Crippen molar-refractivity contribution in [2.45, 2.75) is 18.8 Å². The summed E-state index contributed by atoms with van der Waals surface area (Å²) in [4.78, 5) is 0. The van der Waals surface area contributed by atoms with E-state index in [1.165, 1.54) is 6.20 Å². The zero-order chi connectivity index (χ0) is 8.77. The van der Waals surface area contributed by atoms with Crippen LogP contribution < -0.4 is 57.0 Å².